The Kier molecular flexibility index (Phi) is 12.0. The molecule has 4 nitrogen and oxygen atoms in total. The predicted molar refractivity (Wildman–Crippen MR) is 156 cm³/mol. The molecule has 0 bridgehead atoms. The lowest BCUT2D eigenvalue weighted by Crippen LogP contribution is -2.33. The van der Waals surface area contributed by atoms with Crippen LogP contribution in [0.2, 0.25) is 0 Å². The number of halogens is 3. The maximum absolute atomic E-state index is 13.2. The largest absolute Gasteiger partial charge is 0.478 e. The van der Waals surface area contributed by atoms with Gasteiger partial charge in [0, 0.05) is 0 Å². The number of alkyl halides is 3. The molecule has 3 rings (SSSR count). The van der Waals surface area contributed by atoms with E-state index in [-0.39, 0.29) is 24.0 Å². The van der Waals surface area contributed by atoms with E-state index in [1.165, 1.54) is 56.2 Å². The maximum Gasteiger partial charge on any atom is 0.425 e. The number of hydrogen-bond acceptors (Lipinski definition) is 3. The standard InChI is InChI=1S/C34H39F3O4/c1-3-5-6-7-8-9-10-12-24-13-15-25(16-14-24)29-22-21-28(32(38)39)23-30(29)26-17-19-27(20-18-26)33(40)41-31(11-4-2)34(35,36)37/h13-23,31H,3-12H2,1-2H3,(H,38,39). The summed E-state index contributed by atoms with van der Waals surface area (Å²) >= 11 is 0. The van der Waals surface area contributed by atoms with Gasteiger partial charge in [0.1, 0.15) is 0 Å². The van der Waals surface area contributed by atoms with Crippen LogP contribution in [0.4, 0.5) is 13.2 Å². The molecule has 0 aliphatic carbocycles. The van der Waals surface area contributed by atoms with E-state index in [1.54, 1.807) is 37.3 Å². The fourth-order valence-corrected chi connectivity index (χ4v) is 4.84. The van der Waals surface area contributed by atoms with Gasteiger partial charge in [-0.25, -0.2) is 9.59 Å². The van der Waals surface area contributed by atoms with Crippen LogP contribution in [0, 0.1) is 0 Å². The van der Waals surface area contributed by atoms with Crippen LogP contribution in [-0.2, 0) is 11.2 Å². The molecule has 0 radical (unpaired) electrons. The summed E-state index contributed by atoms with van der Waals surface area (Å²) in [5, 5.41) is 9.57. The zero-order valence-electron chi connectivity index (χ0n) is 23.8. The van der Waals surface area contributed by atoms with Gasteiger partial charge < -0.3 is 9.84 Å². The number of carbonyl (C=O) groups is 2. The number of rotatable bonds is 15. The van der Waals surface area contributed by atoms with Gasteiger partial charge in [0.05, 0.1) is 11.1 Å². The van der Waals surface area contributed by atoms with Crippen molar-refractivity contribution in [1.82, 2.24) is 0 Å². The molecule has 41 heavy (non-hydrogen) atoms. The van der Waals surface area contributed by atoms with E-state index >= 15 is 0 Å². The molecule has 0 heterocycles. The zero-order chi connectivity index (χ0) is 29.8. The molecule has 0 aliphatic rings. The van der Waals surface area contributed by atoms with Crippen LogP contribution in [0.3, 0.4) is 0 Å². The molecule has 0 aliphatic heterocycles. The van der Waals surface area contributed by atoms with Gasteiger partial charge in [-0.2, -0.15) is 13.2 Å². The fraction of sp³-hybridized carbons (Fsp3) is 0.412. The smallest absolute Gasteiger partial charge is 0.425 e. The van der Waals surface area contributed by atoms with Crippen molar-refractivity contribution in [2.45, 2.75) is 90.3 Å². The van der Waals surface area contributed by atoms with Gasteiger partial charge in [0.15, 0.2) is 6.10 Å². The SMILES string of the molecule is CCCCCCCCCc1ccc(-c2ccc(C(=O)O)cc2-c2ccc(C(=O)OC(CCC)C(F)(F)F)cc2)cc1. The molecule has 1 atom stereocenters. The number of esters is 1. The summed E-state index contributed by atoms with van der Waals surface area (Å²) in [5.74, 6) is -2.12. The van der Waals surface area contributed by atoms with Gasteiger partial charge in [-0.15, -0.1) is 0 Å². The van der Waals surface area contributed by atoms with Crippen molar-refractivity contribution in [2.75, 3.05) is 0 Å². The molecule has 220 valence electrons. The van der Waals surface area contributed by atoms with Gasteiger partial charge in [-0.3, -0.25) is 0 Å². The minimum atomic E-state index is -4.64. The highest BCUT2D eigenvalue weighted by Gasteiger charge is 2.42. The molecule has 0 saturated carbocycles. The highest BCUT2D eigenvalue weighted by atomic mass is 19.4. The summed E-state index contributed by atoms with van der Waals surface area (Å²) < 4.78 is 44.4. The topological polar surface area (TPSA) is 63.6 Å². The van der Waals surface area contributed by atoms with Crippen LogP contribution in [0.5, 0.6) is 0 Å². The Morgan fingerprint density at radius 1 is 0.732 bits per heavy atom. The Bertz CT molecular complexity index is 1260. The van der Waals surface area contributed by atoms with E-state index < -0.39 is 24.2 Å². The van der Waals surface area contributed by atoms with Crippen molar-refractivity contribution in [3.05, 3.63) is 83.4 Å². The summed E-state index contributed by atoms with van der Waals surface area (Å²) in [6.07, 6.45) is 2.87. The summed E-state index contributed by atoms with van der Waals surface area (Å²) in [6, 6.07) is 19.1. The molecular formula is C34H39F3O4. The van der Waals surface area contributed by atoms with E-state index in [2.05, 4.69) is 19.1 Å². The Hall–Kier alpha value is -3.61. The molecule has 3 aromatic rings. The van der Waals surface area contributed by atoms with Crippen LogP contribution >= 0.6 is 0 Å². The van der Waals surface area contributed by atoms with Crippen molar-refractivity contribution in [3.63, 3.8) is 0 Å². The third-order valence-corrected chi connectivity index (χ3v) is 7.20. The van der Waals surface area contributed by atoms with E-state index in [1.807, 2.05) is 12.1 Å². The van der Waals surface area contributed by atoms with Gasteiger partial charge in [0.25, 0.3) is 0 Å². The van der Waals surface area contributed by atoms with Crippen molar-refractivity contribution in [3.8, 4) is 22.3 Å². The first kappa shape index (κ1) is 31.9. The molecule has 0 spiro atoms. The van der Waals surface area contributed by atoms with Crippen LogP contribution in [0.1, 0.15) is 97.9 Å². The number of carboxylic acids is 1. The Morgan fingerprint density at radius 2 is 1.29 bits per heavy atom. The second kappa shape index (κ2) is 15.4. The number of aryl methyl sites for hydroxylation is 1. The number of carboxylic acid groups (broad SMARTS) is 1. The number of aromatic carboxylic acids is 1. The van der Waals surface area contributed by atoms with Crippen molar-refractivity contribution in [2.24, 2.45) is 0 Å². The molecule has 1 N–H and O–H groups in total. The predicted octanol–water partition coefficient (Wildman–Crippen LogP) is 9.90. The average molecular weight is 569 g/mol. The fourth-order valence-electron chi connectivity index (χ4n) is 4.84. The number of hydrogen-bond donors (Lipinski definition) is 1. The lowest BCUT2D eigenvalue weighted by atomic mass is 9.91. The Labute approximate surface area is 240 Å². The lowest BCUT2D eigenvalue weighted by Gasteiger charge is -2.20. The molecule has 7 heteroatoms. The second-order valence-corrected chi connectivity index (χ2v) is 10.4. The first-order chi connectivity index (χ1) is 19.6. The molecule has 3 aromatic carbocycles. The lowest BCUT2D eigenvalue weighted by molar-refractivity contribution is -0.206. The van der Waals surface area contributed by atoms with Crippen LogP contribution in [-0.4, -0.2) is 29.3 Å². The van der Waals surface area contributed by atoms with Crippen molar-refractivity contribution in [1.29, 1.82) is 0 Å². The van der Waals surface area contributed by atoms with Crippen LogP contribution in [0.15, 0.2) is 66.7 Å². The first-order valence-electron chi connectivity index (χ1n) is 14.5. The molecular weight excluding hydrogens is 529 g/mol. The summed E-state index contributed by atoms with van der Waals surface area (Å²) in [6.45, 7) is 3.81. The number of benzene rings is 3. The molecule has 1 unspecified atom stereocenters. The molecule has 0 aromatic heterocycles. The third-order valence-electron chi connectivity index (χ3n) is 7.20. The van der Waals surface area contributed by atoms with Crippen molar-refractivity contribution < 1.29 is 32.6 Å². The van der Waals surface area contributed by atoms with Gasteiger partial charge in [0.2, 0.25) is 0 Å². The average Bonchev–Trinajstić information content (AvgIpc) is 2.96. The summed E-state index contributed by atoms with van der Waals surface area (Å²) in [4.78, 5) is 24.1. The highest BCUT2D eigenvalue weighted by molar-refractivity contribution is 5.94. The number of carbonyl (C=O) groups excluding carboxylic acids is 1. The maximum atomic E-state index is 13.2. The first-order valence-corrected chi connectivity index (χ1v) is 14.5. The number of unbranched alkanes of at least 4 members (excludes halogenated alkanes) is 6. The third kappa shape index (κ3) is 9.48. The molecule has 0 saturated heterocycles. The van der Waals surface area contributed by atoms with Crippen LogP contribution in [0.25, 0.3) is 22.3 Å². The second-order valence-electron chi connectivity index (χ2n) is 10.4. The molecule has 0 fully saturated rings. The van der Waals surface area contributed by atoms with E-state index in [0.717, 1.165) is 24.0 Å². The summed E-state index contributed by atoms with van der Waals surface area (Å²) in [5.41, 5.74) is 4.34. The van der Waals surface area contributed by atoms with Gasteiger partial charge in [-0.05, 0) is 71.3 Å². The van der Waals surface area contributed by atoms with E-state index in [4.69, 9.17) is 4.74 Å². The zero-order valence-corrected chi connectivity index (χ0v) is 23.8. The monoisotopic (exact) mass is 568 g/mol. The minimum Gasteiger partial charge on any atom is -0.478 e. The van der Waals surface area contributed by atoms with E-state index in [0.29, 0.717) is 11.1 Å². The normalized spacial score (nSPS) is 12.2. The highest BCUT2D eigenvalue weighted by Crippen LogP contribution is 2.34. The Morgan fingerprint density at radius 3 is 1.88 bits per heavy atom. The summed E-state index contributed by atoms with van der Waals surface area (Å²) in [7, 11) is 0. The number of ether oxygens (including phenoxy) is 1. The quantitative estimate of drug-likeness (QED) is 0.146. The van der Waals surface area contributed by atoms with Crippen molar-refractivity contribution >= 4 is 11.9 Å². The van der Waals surface area contributed by atoms with Gasteiger partial charge in [-0.1, -0.05) is 101 Å². The van der Waals surface area contributed by atoms with Gasteiger partial charge >= 0.3 is 18.1 Å². The van der Waals surface area contributed by atoms with Crippen LogP contribution < -0.4 is 0 Å². The molecule has 0 amide bonds. The minimum absolute atomic E-state index is 0.00948. The Balaban J connectivity index is 1.77. The van der Waals surface area contributed by atoms with E-state index in [9.17, 15) is 27.9 Å².